The number of aromatic nitrogens is 5. The van der Waals surface area contributed by atoms with Crippen LogP contribution in [0.1, 0.15) is 10.5 Å². The minimum absolute atomic E-state index is 0.122. The maximum absolute atomic E-state index is 12.7. The summed E-state index contributed by atoms with van der Waals surface area (Å²) in [6, 6.07) is 8.50. The van der Waals surface area contributed by atoms with E-state index >= 15 is 0 Å². The normalized spacial score (nSPS) is 11.7. The highest BCUT2D eigenvalue weighted by Crippen LogP contribution is 2.37. The first-order chi connectivity index (χ1) is 15.8. The molecule has 7 nitrogen and oxygen atoms in total. The molecule has 0 saturated carbocycles. The van der Waals surface area contributed by atoms with Crippen molar-refractivity contribution < 1.29 is 13.6 Å². The van der Waals surface area contributed by atoms with E-state index in [0.717, 1.165) is 0 Å². The molecule has 0 radical (unpaired) electrons. The summed E-state index contributed by atoms with van der Waals surface area (Å²) in [5, 5.41) is 5.24. The lowest BCUT2D eigenvalue weighted by Gasteiger charge is -2.06. The van der Waals surface area contributed by atoms with Gasteiger partial charge in [-0.05, 0) is 24.3 Å². The van der Waals surface area contributed by atoms with Gasteiger partial charge in [-0.2, -0.15) is 5.10 Å². The third-order valence-corrected chi connectivity index (χ3v) is 5.81. The fraction of sp³-hybridized carbons (Fsp3) is 0.0909. The fourth-order valence-electron chi connectivity index (χ4n) is 3.75. The molecule has 1 amide bonds. The molecular formula is C22H14Cl2F2N6O. The predicted octanol–water partition coefficient (Wildman–Crippen LogP) is 5.08. The van der Waals surface area contributed by atoms with Gasteiger partial charge in [-0.1, -0.05) is 29.3 Å². The van der Waals surface area contributed by atoms with Gasteiger partial charge in [0.15, 0.2) is 0 Å². The van der Waals surface area contributed by atoms with Crippen LogP contribution in [0, 0.1) is 0 Å². The number of nitrogens with two attached hydrogens (primary N) is 1. The molecule has 4 aromatic heterocycles. The summed E-state index contributed by atoms with van der Waals surface area (Å²) in [6.07, 6.45) is 3.75. The average molecular weight is 487 g/mol. The van der Waals surface area contributed by atoms with E-state index in [9.17, 15) is 13.6 Å². The van der Waals surface area contributed by atoms with E-state index in [2.05, 4.69) is 15.1 Å². The minimum Gasteiger partial charge on any atom is -0.364 e. The average Bonchev–Trinajstić information content (AvgIpc) is 3.37. The second-order valence-electron chi connectivity index (χ2n) is 7.28. The maximum atomic E-state index is 12.7. The number of fused-ring (bicyclic) bond motifs is 3. The topological polar surface area (TPSA) is 91.1 Å². The number of amides is 1. The van der Waals surface area contributed by atoms with Crippen molar-refractivity contribution >= 4 is 45.7 Å². The largest absolute Gasteiger partial charge is 0.364 e. The van der Waals surface area contributed by atoms with E-state index in [4.69, 9.17) is 28.9 Å². The van der Waals surface area contributed by atoms with Crippen molar-refractivity contribution in [3.05, 3.63) is 70.9 Å². The Bertz CT molecular complexity index is 1530. The number of primary amides is 1. The third kappa shape index (κ3) is 3.69. The molecule has 0 aliphatic heterocycles. The molecule has 0 spiro atoms. The maximum Gasteiger partial charge on any atom is 0.268 e. The van der Waals surface area contributed by atoms with Crippen LogP contribution in [0.25, 0.3) is 38.9 Å². The number of carbonyl (C=O) groups excluding carboxylic acids is 1. The molecule has 0 saturated heterocycles. The lowest BCUT2D eigenvalue weighted by molar-refractivity contribution is 0.0995. The van der Waals surface area contributed by atoms with Crippen molar-refractivity contribution in [2.45, 2.75) is 13.0 Å². The van der Waals surface area contributed by atoms with Crippen molar-refractivity contribution in [1.82, 2.24) is 24.1 Å². The van der Waals surface area contributed by atoms with Crippen LogP contribution in [0.4, 0.5) is 8.78 Å². The first kappa shape index (κ1) is 21.3. The highest BCUT2D eigenvalue weighted by Gasteiger charge is 2.23. The summed E-state index contributed by atoms with van der Waals surface area (Å²) in [4.78, 5) is 21.5. The predicted molar refractivity (Wildman–Crippen MR) is 122 cm³/mol. The zero-order valence-corrected chi connectivity index (χ0v) is 18.2. The number of benzene rings is 1. The van der Waals surface area contributed by atoms with Crippen LogP contribution in [0.2, 0.25) is 10.0 Å². The summed E-state index contributed by atoms with van der Waals surface area (Å²) in [7, 11) is 0. The second-order valence-corrected chi connectivity index (χ2v) is 8.09. The van der Waals surface area contributed by atoms with E-state index in [1.54, 1.807) is 47.1 Å². The Kier molecular flexibility index (Phi) is 5.22. The van der Waals surface area contributed by atoms with Crippen molar-refractivity contribution in [3.8, 4) is 22.4 Å². The highest BCUT2D eigenvalue weighted by atomic mass is 35.5. The molecule has 166 valence electrons. The van der Waals surface area contributed by atoms with Gasteiger partial charge in [-0.3, -0.25) is 18.9 Å². The lowest BCUT2D eigenvalue weighted by atomic mass is 10.1. The number of rotatable bonds is 5. The second kappa shape index (κ2) is 8.09. The lowest BCUT2D eigenvalue weighted by Crippen LogP contribution is -2.15. The monoisotopic (exact) mass is 486 g/mol. The smallest absolute Gasteiger partial charge is 0.268 e. The Morgan fingerprint density at radius 2 is 1.88 bits per heavy atom. The minimum atomic E-state index is -2.51. The van der Waals surface area contributed by atoms with Crippen molar-refractivity contribution in [2.24, 2.45) is 5.73 Å². The summed E-state index contributed by atoms with van der Waals surface area (Å²) < 4.78 is 28.1. The van der Waals surface area contributed by atoms with Crippen LogP contribution in [0.15, 0.2) is 55.1 Å². The van der Waals surface area contributed by atoms with Crippen LogP contribution in [-0.2, 0) is 6.54 Å². The molecule has 4 heterocycles. The van der Waals surface area contributed by atoms with Crippen molar-refractivity contribution in [1.29, 1.82) is 0 Å². The quantitative estimate of drug-likeness (QED) is 0.374. The molecule has 33 heavy (non-hydrogen) atoms. The molecule has 5 rings (SSSR count). The first-order valence-corrected chi connectivity index (χ1v) is 10.4. The highest BCUT2D eigenvalue weighted by molar-refractivity contribution is 6.39. The first-order valence-electron chi connectivity index (χ1n) is 9.69. The van der Waals surface area contributed by atoms with Gasteiger partial charge < -0.3 is 5.73 Å². The van der Waals surface area contributed by atoms with E-state index < -0.39 is 18.9 Å². The van der Waals surface area contributed by atoms with Gasteiger partial charge in [0.2, 0.25) is 0 Å². The molecule has 0 aliphatic carbocycles. The van der Waals surface area contributed by atoms with E-state index in [1.165, 1.54) is 17.1 Å². The van der Waals surface area contributed by atoms with Crippen LogP contribution in [-0.4, -0.2) is 36.5 Å². The molecule has 0 bridgehead atoms. The molecule has 2 N–H and O–H groups in total. The summed E-state index contributed by atoms with van der Waals surface area (Å²) >= 11 is 12.7. The van der Waals surface area contributed by atoms with Crippen molar-refractivity contribution in [2.75, 3.05) is 0 Å². The Labute approximate surface area is 195 Å². The number of halogens is 4. The Morgan fingerprint density at radius 1 is 1.12 bits per heavy atom. The Hall–Kier alpha value is -3.56. The van der Waals surface area contributed by atoms with E-state index in [0.29, 0.717) is 43.3 Å². The van der Waals surface area contributed by atoms with Gasteiger partial charge in [0.05, 0.1) is 21.8 Å². The summed E-state index contributed by atoms with van der Waals surface area (Å²) in [5.41, 5.74) is 8.76. The van der Waals surface area contributed by atoms with E-state index in [1.807, 2.05) is 0 Å². The van der Waals surface area contributed by atoms with Crippen molar-refractivity contribution in [3.63, 3.8) is 0 Å². The Balaban J connectivity index is 1.75. The number of pyridine rings is 2. The van der Waals surface area contributed by atoms with Crippen LogP contribution >= 0.6 is 23.2 Å². The zero-order chi connectivity index (χ0) is 23.3. The molecule has 0 unspecified atom stereocenters. The molecule has 0 aliphatic rings. The number of hydrogen-bond acceptors (Lipinski definition) is 4. The molecular weight excluding hydrogens is 473 g/mol. The fourth-order valence-corrected chi connectivity index (χ4v) is 4.32. The summed E-state index contributed by atoms with van der Waals surface area (Å²) in [6.45, 7) is -0.505. The van der Waals surface area contributed by atoms with Gasteiger partial charge in [0.25, 0.3) is 12.3 Å². The van der Waals surface area contributed by atoms with E-state index in [-0.39, 0.29) is 11.4 Å². The van der Waals surface area contributed by atoms with Crippen LogP contribution in [0.5, 0.6) is 0 Å². The molecule has 11 heteroatoms. The van der Waals surface area contributed by atoms with Gasteiger partial charge >= 0.3 is 0 Å². The van der Waals surface area contributed by atoms with Crippen LogP contribution < -0.4 is 5.73 Å². The number of alkyl halides is 2. The Morgan fingerprint density at radius 3 is 2.58 bits per heavy atom. The van der Waals surface area contributed by atoms with Gasteiger partial charge in [-0.15, -0.1) is 0 Å². The third-order valence-electron chi connectivity index (χ3n) is 5.18. The SMILES string of the molecule is NC(=O)c1c(-c2c(Cl)cccc2Cl)nc2c3cc(-c4cnn(CC(F)F)c4)cnc3ccn12. The zero-order valence-electron chi connectivity index (χ0n) is 16.7. The number of carbonyl (C=O) groups is 1. The molecule has 1 aromatic carbocycles. The number of hydrogen-bond donors (Lipinski definition) is 1. The molecule has 0 atom stereocenters. The van der Waals surface area contributed by atoms with Gasteiger partial charge in [0.1, 0.15) is 23.6 Å². The number of nitrogens with zero attached hydrogens (tertiary/aromatic N) is 5. The molecule has 0 fully saturated rings. The molecule has 5 aromatic rings. The van der Waals surface area contributed by atoms with Crippen LogP contribution in [0.3, 0.4) is 0 Å². The number of imidazole rings is 1. The summed E-state index contributed by atoms with van der Waals surface area (Å²) in [5.74, 6) is -0.703. The standard InChI is InChI=1S/C22H14Cl2F2N6O/c23-14-2-1-3-15(24)18(14)19-20(21(27)33)32-5-4-16-13(22(32)30-19)6-11(7-28-16)12-8-29-31(9-12)10-17(25)26/h1-9,17H,10H2,(H2,27,33). The van der Waals surface area contributed by atoms with Gasteiger partial charge in [-0.25, -0.2) is 13.8 Å². The van der Waals surface area contributed by atoms with Gasteiger partial charge in [0, 0.05) is 40.7 Å².